The minimum Gasteiger partial charge on any atom is -0.208 e. The second kappa shape index (κ2) is 14.5. The van der Waals surface area contributed by atoms with Crippen LogP contribution in [0.25, 0.3) is 120 Å². The molecule has 61 heavy (non-hydrogen) atoms. The molecule has 0 amide bonds. The van der Waals surface area contributed by atoms with Gasteiger partial charge in [-0.3, -0.25) is 0 Å². The maximum absolute atomic E-state index is 5.21. The van der Waals surface area contributed by atoms with Crippen molar-refractivity contribution in [1.82, 2.24) is 15.0 Å². The van der Waals surface area contributed by atoms with Gasteiger partial charge in [0.25, 0.3) is 0 Å². The lowest BCUT2D eigenvalue weighted by atomic mass is 9.91. The number of benzene rings is 10. The number of hydrogen-bond acceptors (Lipinski definition) is 4. The van der Waals surface area contributed by atoms with Gasteiger partial charge in [0, 0.05) is 36.9 Å². The predicted molar refractivity (Wildman–Crippen MR) is 258 cm³/mol. The fourth-order valence-corrected chi connectivity index (χ4v) is 10.1. The van der Waals surface area contributed by atoms with E-state index in [4.69, 9.17) is 15.0 Å². The number of aromatic nitrogens is 3. The summed E-state index contributed by atoms with van der Waals surface area (Å²) >= 11 is 1.81. The standard InChI is InChI=1S/C57H35N3S/c1-3-15-36(16-4-1)55-58-56(37-17-5-2-6-18-37)60-57(59-55)51-34-43(35-53-54(51)49-27-11-12-28-52(49)61-53)41-22-14-20-39(32-41)38-19-13-21-40(31-38)42-29-30-48-46-25-8-7-23-44(46)45-24-9-10-26-47(45)50(48)33-42/h1-35H. The van der Waals surface area contributed by atoms with Gasteiger partial charge in [0.15, 0.2) is 17.5 Å². The molecular formula is C57H35N3S. The summed E-state index contributed by atoms with van der Waals surface area (Å²) in [5.41, 5.74) is 9.86. The van der Waals surface area contributed by atoms with Crippen LogP contribution < -0.4 is 0 Å². The Morgan fingerprint density at radius 3 is 1.25 bits per heavy atom. The molecule has 0 fully saturated rings. The number of rotatable bonds is 6. The zero-order valence-corrected chi connectivity index (χ0v) is 33.8. The second-order valence-electron chi connectivity index (χ2n) is 15.5. The lowest BCUT2D eigenvalue weighted by molar-refractivity contribution is 1.08. The molecule has 12 aromatic rings. The van der Waals surface area contributed by atoms with Gasteiger partial charge in [0.1, 0.15) is 0 Å². The summed E-state index contributed by atoms with van der Waals surface area (Å²) in [5.74, 6) is 1.96. The van der Waals surface area contributed by atoms with E-state index >= 15 is 0 Å². The molecule has 0 radical (unpaired) electrons. The highest BCUT2D eigenvalue weighted by Gasteiger charge is 2.19. The van der Waals surface area contributed by atoms with E-state index in [0.29, 0.717) is 17.5 Å². The van der Waals surface area contributed by atoms with E-state index in [1.807, 2.05) is 47.7 Å². The van der Waals surface area contributed by atoms with Gasteiger partial charge in [-0.2, -0.15) is 0 Å². The summed E-state index contributed by atoms with van der Waals surface area (Å²) in [7, 11) is 0. The average Bonchev–Trinajstić information content (AvgIpc) is 3.73. The van der Waals surface area contributed by atoms with E-state index in [1.165, 1.54) is 63.8 Å². The minimum absolute atomic E-state index is 0.650. The van der Waals surface area contributed by atoms with Crippen LogP contribution in [0.3, 0.4) is 0 Å². The molecule has 0 saturated carbocycles. The molecule has 0 spiro atoms. The predicted octanol–water partition coefficient (Wildman–Crippen LogP) is 15.7. The van der Waals surface area contributed by atoms with Crippen LogP contribution in [0.2, 0.25) is 0 Å². The van der Waals surface area contributed by atoms with Crippen molar-refractivity contribution in [2.75, 3.05) is 0 Å². The largest absolute Gasteiger partial charge is 0.208 e. The quantitative estimate of drug-likeness (QED) is 0.157. The van der Waals surface area contributed by atoms with Crippen molar-refractivity contribution in [1.29, 1.82) is 0 Å². The first-order valence-corrected chi connectivity index (χ1v) is 21.4. The second-order valence-corrected chi connectivity index (χ2v) is 16.6. The third kappa shape index (κ3) is 6.16. The Morgan fingerprint density at radius 1 is 0.246 bits per heavy atom. The molecular weight excluding hydrogens is 759 g/mol. The molecule has 2 heterocycles. The highest BCUT2D eigenvalue weighted by Crippen LogP contribution is 2.43. The van der Waals surface area contributed by atoms with E-state index in [9.17, 15) is 0 Å². The third-order valence-electron chi connectivity index (χ3n) is 11.9. The molecule has 0 aliphatic rings. The lowest BCUT2D eigenvalue weighted by Gasteiger charge is -2.13. The number of nitrogens with zero attached hydrogens (tertiary/aromatic N) is 3. The highest BCUT2D eigenvalue weighted by molar-refractivity contribution is 7.26. The van der Waals surface area contributed by atoms with Gasteiger partial charge in [-0.1, -0.05) is 176 Å². The van der Waals surface area contributed by atoms with Crippen molar-refractivity contribution >= 4 is 63.8 Å². The Kier molecular flexibility index (Phi) is 8.36. The normalized spacial score (nSPS) is 11.6. The smallest absolute Gasteiger partial charge is 0.164 e. The zero-order valence-electron chi connectivity index (χ0n) is 33.0. The van der Waals surface area contributed by atoms with Gasteiger partial charge in [-0.25, -0.2) is 15.0 Å². The summed E-state index contributed by atoms with van der Waals surface area (Å²) in [4.78, 5) is 15.4. The summed E-state index contributed by atoms with van der Waals surface area (Å²) in [6.07, 6.45) is 0. The van der Waals surface area contributed by atoms with Gasteiger partial charge >= 0.3 is 0 Å². The molecule has 284 valence electrons. The van der Waals surface area contributed by atoms with Gasteiger partial charge in [-0.05, 0) is 102 Å². The maximum atomic E-state index is 5.21. The highest BCUT2D eigenvalue weighted by atomic mass is 32.1. The molecule has 0 atom stereocenters. The van der Waals surface area contributed by atoms with Crippen molar-refractivity contribution in [2.24, 2.45) is 0 Å². The first-order valence-electron chi connectivity index (χ1n) is 20.6. The fourth-order valence-electron chi connectivity index (χ4n) is 8.97. The molecule has 0 N–H and O–H groups in total. The van der Waals surface area contributed by atoms with Crippen molar-refractivity contribution in [2.45, 2.75) is 0 Å². The molecule has 0 saturated heterocycles. The van der Waals surface area contributed by atoms with Crippen molar-refractivity contribution in [3.63, 3.8) is 0 Å². The molecule has 0 aliphatic heterocycles. The summed E-state index contributed by atoms with van der Waals surface area (Å²) in [6.45, 7) is 0. The van der Waals surface area contributed by atoms with Crippen LogP contribution in [0, 0.1) is 0 Å². The number of fused-ring (bicyclic) bond motifs is 9. The van der Waals surface area contributed by atoms with E-state index in [2.05, 4.69) is 176 Å². The van der Waals surface area contributed by atoms with Gasteiger partial charge in [-0.15, -0.1) is 11.3 Å². The fraction of sp³-hybridized carbons (Fsp3) is 0. The Labute approximate surface area is 356 Å². The third-order valence-corrected chi connectivity index (χ3v) is 13.0. The van der Waals surface area contributed by atoms with Crippen molar-refractivity contribution in [3.05, 3.63) is 212 Å². The first kappa shape index (κ1) is 35.2. The van der Waals surface area contributed by atoms with Crippen LogP contribution in [0.4, 0.5) is 0 Å². The Bertz CT molecular complexity index is 3560. The van der Waals surface area contributed by atoms with Gasteiger partial charge < -0.3 is 0 Å². The van der Waals surface area contributed by atoms with Crippen LogP contribution in [0.1, 0.15) is 0 Å². The molecule has 2 aromatic heterocycles. The summed E-state index contributed by atoms with van der Waals surface area (Å²) in [6, 6.07) is 76.0. The molecule has 12 rings (SSSR count). The van der Waals surface area contributed by atoms with Gasteiger partial charge in [0.2, 0.25) is 0 Å². The van der Waals surface area contributed by atoms with E-state index in [0.717, 1.165) is 38.8 Å². The molecule has 10 aromatic carbocycles. The Hall–Kier alpha value is -7.79. The molecule has 0 unspecified atom stereocenters. The topological polar surface area (TPSA) is 38.7 Å². The van der Waals surface area contributed by atoms with Gasteiger partial charge in [0.05, 0.1) is 0 Å². The van der Waals surface area contributed by atoms with Crippen LogP contribution in [-0.4, -0.2) is 15.0 Å². The monoisotopic (exact) mass is 793 g/mol. The maximum Gasteiger partial charge on any atom is 0.164 e. The average molecular weight is 794 g/mol. The number of thiophene rings is 1. The number of hydrogen-bond donors (Lipinski definition) is 0. The molecule has 0 aliphatic carbocycles. The van der Waals surface area contributed by atoms with Crippen LogP contribution in [0.15, 0.2) is 212 Å². The van der Waals surface area contributed by atoms with Crippen molar-refractivity contribution in [3.8, 4) is 67.5 Å². The Morgan fingerprint density at radius 2 is 0.672 bits per heavy atom. The summed E-state index contributed by atoms with van der Waals surface area (Å²) < 4.78 is 2.43. The SMILES string of the molecule is c1ccc(-c2nc(-c3ccccc3)nc(-c3cc(-c4cccc(-c5cccc(-c6ccc7c8ccccc8c8ccccc8c7c6)c5)c4)cc4sc5ccccc5c34)n2)cc1. The van der Waals surface area contributed by atoms with E-state index in [-0.39, 0.29) is 0 Å². The Balaban J connectivity index is 0.994. The van der Waals surface area contributed by atoms with E-state index < -0.39 is 0 Å². The molecule has 0 bridgehead atoms. The van der Waals surface area contributed by atoms with Crippen molar-refractivity contribution < 1.29 is 0 Å². The minimum atomic E-state index is 0.650. The molecule has 3 nitrogen and oxygen atoms in total. The first-order chi connectivity index (χ1) is 30.2. The van der Waals surface area contributed by atoms with Crippen LogP contribution in [0.5, 0.6) is 0 Å². The summed E-state index contributed by atoms with van der Waals surface area (Å²) in [5, 5.41) is 10.1. The van der Waals surface area contributed by atoms with Crippen LogP contribution >= 0.6 is 11.3 Å². The molecule has 4 heteroatoms. The van der Waals surface area contributed by atoms with E-state index in [1.54, 1.807) is 0 Å². The zero-order chi connectivity index (χ0) is 40.3. The van der Waals surface area contributed by atoms with Crippen LogP contribution in [-0.2, 0) is 0 Å². The lowest BCUT2D eigenvalue weighted by Crippen LogP contribution is -2.00.